The van der Waals surface area contributed by atoms with Crippen molar-refractivity contribution < 1.29 is 14.3 Å². The molecule has 2 atom stereocenters. The van der Waals surface area contributed by atoms with Crippen LogP contribution in [0.25, 0.3) is 0 Å². The quantitative estimate of drug-likeness (QED) is 0.692. The van der Waals surface area contributed by atoms with Crippen LogP contribution >= 0.6 is 0 Å². The highest BCUT2D eigenvalue weighted by Gasteiger charge is 2.45. The minimum atomic E-state index is -0.303. The van der Waals surface area contributed by atoms with E-state index in [2.05, 4.69) is 0 Å². The van der Waals surface area contributed by atoms with Crippen LogP contribution in [0.15, 0.2) is 0 Å². The van der Waals surface area contributed by atoms with Crippen molar-refractivity contribution in [3.63, 3.8) is 0 Å². The molecule has 0 radical (unpaired) electrons. The van der Waals surface area contributed by atoms with Gasteiger partial charge in [0.25, 0.3) is 0 Å². The third-order valence-corrected chi connectivity index (χ3v) is 4.17. The molecule has 2 aliphatic heterocycles. The molecule has 2 rings (SSSR count). The van der Waals surface area contributed by atoms with E-state index < -0.39 is 0 Å². The summed E-state index contributed by atoms with van der Waals surface area (Å²) < 4.78 is 5.50. The second kappa shape index (κ2) is 6.57. The third-order valence-electron chi connectivity index (χ3n) is 4.17. The van der Waals surface area contributed by atoms with Crippen molar-refractivity contribution in [1.29, 1.82) is 0 Å². The Bertz CT molecular complexity index is 370. The predicted molar refractivity (Wildman–Crippen MR) is 76.2 cm³/mol. The number of amides is 2. The van der Waals surface area contributed by atoms with Gasteiger partial charge in [-0.3, -0.25) is 9.59 Å². The Balaban J connectivity index is 1.84. The van der Waals surface area contributed by atoms with Gasteiger partial charge in [0.05, 0.1) is 6.10 Å². The second-order valence-electron chi connectivity index (χ2n) is 6.02. The smallest absolute Gasteiger partial charge is 0.246 e. The van der Waals surface area contributed by atoms with E-state index in [1.807, 2.05) is 20.8 Å². The molecular weight excluding hydrogens is 256 g/mol. The van der Waals surface area contributed by atoms with E-state index in [4.69, 9.17) is 4.74 Å². The molecule has 20 heavy (non-hydrogen) atoms. The molecule has 2 saturated heterocycles. The number of hydrogen-bond acceptors (Lipinski definition) is 3. The van der Waals surface area contributed by atoms with Gasteiger partial charge in [0.2, 0.25) is 11.8 Å². The number of rotatable bonds is 6. The van der Waals surface area contributed by atoms with Gasteiger partial charge < -0.3 is 14.5 Å². The van der Waals surface area contributed by atoms with Gasteiger partial charge in [-0.15, -0.1) is 0 Å². The molecule has 2 fully saturated rings. The molecule has 2 heterocycles. The van der Waals surface area contributed by atoms with E-state index in [9.17, 15) is 9.59 Å². The van der Waals surface area contributed by atoms with Crippen LogP contribution in [0.2, 0.25) is 0 Å². The number of hydrogen-bond donors (Lipinski definition) is 0. The topological polar surface area (TPSA) is 49.9 Å². The average molecular weight is 282 g/mol. The van der Waals surface area contributed by atoms with Gasteiger partial charge in [-0.25, -0.2) is 0 Å². The number of piperazine rings is 1. The standard InChI is InChI=1S/C15H26N2O3/c1-11(2)20-10-5-4-8-16-12(3)14(18)17-9-6-7-13(17)15(16)19/h11-13H,4-10H2,1-3H3. The molecule has 114 valence electrons. The molecule has 2 amide bonds. The molecule has 2 unspecified atom stereocenters. The highest BCUT2D eigenvalue weighted by molar-refractivity contribution is 5.97. The molecule has 0 aromatic carbocycles. The highest BCUT2D eigenvalue weighted by atomic mass is 16.5. The van der Waals surface area contributed by atoms with Crippen LogP contribution < -0.4 is 0 Å². The van der Waals surface area contributed by atoms with Crippen molar-refractivity contribution in [2.45, 2.75) is 64.6 Å². The monoisotopic (exact) mass is 282 g/mol. The Labute approximate surface area is 121 Å². The molecule has 0 aromatic heterocycles. The number of fused-ring (bicyclic) bond motifs is 1. The van der Waals surface area contributed by atoms with Crippen molar-refractivity contribution in [1.82, 2.24) is 9.80 Å². The molecule has 0 spiro atoms. The van der Waals surface area contributed by atoms with E-state index in [1.54, 1.807) is 9.80 Å². The lowest BCUT2D eigenvalue weighted by Gasteiger charge is -2.41. The number of carbonyl (C=O) groups excluding carboxylic acids is 2. The van der Waals surface area contributed by atoms with Crippen LogP contribution in [0.4, 0.5) is 0 Å². The van der Waals surface area contributed by atoms with Gasteiger partial charge in [0.1, 0.15) is 12.1 Å². The summed E-state index contributed by atoms with van der Waals surface area (Å²) in [5.74, 6) is 0.255. The van der Waals surface area contributed by atoms with Crippen LogP contribution in [-0.4, -0.2) is 59.5 Å². The average Bonchev–Trinajstić information content (AvgIpc) is 2.88. The zero-order chi connectivity index (χ0) is 14.7. The molecule has 0 aromatic rings. The zero-order valence-corrected chi connectivity index (χ0v) is 12.8. The molecule has 2 aliphatic rings. The van der Waals surface area contributed by atoms with Gasteiger partial charge >= 0.3 is 0 Å². The van der Waals surface area contributed by atoms with Crippen molar-refractivity contribution >= 4 is 11.8 Å². The lowest BCUT2D eigenvalue weighted by atomic mass is 10.1. The fourth-order valence-corrected chi connectivity index (χ4v) is 3.05. The summed E-state index contributed by atoms with van der Waals surface area (Å²) in [6, 6.07) is -0.492. The minimum Gasteiger partial charge on any atom is -0.379 e. The Morgan fingerprint density at radius 2 is 2.00 bits per heavy atom. The second-order valence-corrected chi connectivity index (χ2v) is 6.02. The summed E-state index contributed by atoms with van der Waals surface area (Å²) in [7, 11) is 0. The number of unbranched alkanes of at least 4 members (excludes halogenated alkanes) is 1. The summed E-state index contributed by atoms with van der Waals surface area (Å²) >= 11 is 0. The maximum Gasteiger partial charge on any atom is 0.246 e. The fraction of sp³-hybridized carbons (Fsp3) is 0.867. The largest absolute Gasteiger partial charge is 0.379 e. The lowest BCUT2D eigenvalue weighted by Crippen LogP contribution is -2.61. The molecule has 0 bridgehead atoms. The van der Waals surface area contributed by atoms with Crippen molar-refractivity contribution in [3.05, 3.63) is 0 Å². The van der Waals surface area contributed by atoms with Gasteiger partial charge in [-0.1, -0.05) is 0 Å². The Kier molecular flexibility index (Phi) is 5.02. The molecule has 0 N–H and O–H groups in total. The maximum absolute atomic E-state index is 12.4. The van der Waals surface area contributed by atoms with E-state index in [1.165, 1.54) is 0 Å². The Morgan fingerprint density at radius 3 is 2.70 bits per heavy atom. The molecule has 0 saturated carbocycles. The van der Waals surface area contributed by atoms with Crippen LogP contribution in [-0.2, 0) is 14.3 Å². The van der Waals surface area contributed by atoms with Crippen molar-refractivity contribution in [2.75, 3.05) is 19.7 Å². The first-order valence-corrected chi connectivity index (χ1v) is 7.75. The van der Waals surface area contributed by atoms with Crippen LogP contribution in [0.3, 0.4) is 0 Å². The normalized spacial score (nSPS) is 26.6. The summed E-state index contributed by atoms with van der Waals surface area (Å²) in [6.07, 6.45) is 3.84. The highest BCUT2D eigenvalue weighted by Crippen LogP contribution is 2.26. The maximum atomic E-state index is 12.4. The number of nitrogens with zero attached hydrogens (tertiary/aromatic N) is 2. The van der Waals surface area contributed by atoms with E-state index >= 15 is 0 Å². The summed E-state index contributed by atoms with van der Waals surface area (Å²) in [5.41, 5.74) is 0. The van der Waals surface area contributed by atoms with E-state index in [-0.39, 0.29) is 30.0 Å². The first-order valence-electron chi connectivity index (χ1n) is 7.75. The lowest BCUT2D eigenvalue weighted by molar-refractivity contribution is -0.158. The Hall–Kier alpha value is -1.10. The minimum absolute atomic E-state index is 0.116. The van der Waals surface area contributed by atoms with Gasteiger partial charge in [0.15, 0.2) is 0 Å². The van der Waals surface area contributed by atoms with Crippen LogP contribution in [0.1, 0.15) is 46.5 Å². The first-order chi connectivity index (χ1) is 9.52. The van der Waals surface area contributed by atoms with E-state index in [0.717, 1.165) is 38.8 Å². The van der Waals surface area contributed by atoms with Crippen molar-refractivity contribution in [2.24, 2.45) is 0 Å². The molecule has 5 heteroatoms. The van der Waals surface area contributed by atoms with Gasteiger partial charge in [0, 0.05) is 19.7 Å². The molecular formula is C15H26N2O3. The zero-order valence-electron chi connectivity index (χ0n) is 12.8. The van der Waals surface area contributed by atoms with E-state index in [0.29, 0.717) is 6.54 Å². The first kappa shape index (κ1) is 15.3. The molecule has 0 aliphatic carbocycles. The van der Waals surface area contributed by atoms with Crippen LogP contribution in [0, 0.1) is 0 Å². The van der Waals surface area contributed by atoms with Crippen LogP contribution in [0.5, 0.6) is 0 Å². The summed E-state index contributed by atoms with van der Waals surface area (Å²) in [4.78, 5) is 28.2. The summed E-state index contributed by atoms with van der Waals surface area (Å²) in [6.45, 7) is 8.01. The third kappa shape index (κ3) is 3.14. The van der Waals surface area contributed by atoms with Crippen molar-refractivity contribution in [3.8, 4) is 0 Å². The molecule has 5 nitrogen and oxygen atoms in total. The summed E-state index contributed by atoms with van der Waals surface area (Å²) in [5, 5.41) is 0. The Morgan fingerprint density at radius 1 is 1.25 bits per heavy atom. The van der Waals surface area contributed by atoms with Gasteiger partial charge in [-0.2, -0.15) is 0 Å². The van der Waals surface area contributed by atoms with Gasteiger partial charge in [-0.05, 0) is 46.5 Å². The predicted octanol–water partition coefficient (Wildman–Crippen LogP) is 1.41. The number of carbonyl (C=O) groups is 2. The fourth-order valence-electron chi connectivity index (χ4n) is 3.05. The SMILES string of the molecule is CC(C)OCCCCN1C(=O)C2CCCN2C(=O)C1C. The number of ether oxygens (including phenoxy) is 1.